The van der Waals surface area contributed by atoms with Crippen LogP contribution in [0.4, 0.5) is 5.69 Å². The Balaban J connectivity index is 1.60. The minimum atomic E-state index is -0.170. The van der Waals surface area contributed by atoms with Gasteiger partial charge in [-0.15, -0.1) is 0 Å². The zero-order valence-electron chi connectivity index (χ0n) is 12.8. The van der Waals surface area contributed by atoms with E-state index >= 15 is 0 Å². The smallest absolute Gasteiger partial charge is 0.248 e. The molecule has 0 radical (unpaired) electrons. The largest absolute Gasteiger partial charge is 0.493 e. The van der Waals surface area contributed by atoms with Gasteiger partial charge in [0, 0.05) is 24.8 Å². The molecule has 1 aliphatic heterocycles. The van der Waals surface area contributed by atoms with Gasteiger partial charge in [0.25, 0.3) is 0 Å². The second kappa shape index (κ2) is 7.11. The first-order valence-electron chi connectivity index (χ1n) is 7.69. The first-order valence-corrected chi connectivity index (χ1v) is 7.69. The van der Waals surface area contributed by atoms with Crippen LogP contribution in [0.5, 0.6) is 5.75 Å². The van der Waals surface area contributed by atoms with Gasteiger partial charge in [0.2, 0.25) is 5.91 Å². The van der Waals surface area contributed by atoms with Crippen molar-refractivity contribution in [2.24, 2.45) is 0 Å². The Morgan fingerprint density at radius 2 is 2.04 bits per heavy atom. The second-order valence-corrected chi connectivity index (χ2v) is 5.46. The molecule has 0 unspecified atom stereocenters. The average Bonchev–Trinajstić information content (AvgIpc) is 3.03. The Kier molecular flexibility index (Phi) is 4.74. The van der Waals surface area contributed by atoms with Crippen LogP contribution in [0.2, 0.25) is 0 Å². The molecule has 1 aliphatic rings. The van der Waals surface area contributed by atoms with E-state index in [-0.39, 0.29) is 12.5 Å². The number of rotatable bonds is 5. The molecule has 0 atom stereocenters. The lowest BCUT2D eigenvalue weighted by molar-refractivity contribution is -0.111. The molecule has 0 aliphatic carbocycles. The van der Waals surface area contributed by atoms with E-state index < -0.39 is 0 Å². The van der Waals surface area contributed by atoms with Crippen molar-refractivity contribution in [3.05, 3.63) is 65.2 Å². The minimum Gasteiger partial charge on any atom is -0.493 e. The summed E-state index contributed by atoms with van der Waals surface area (Å²) in [5.41, 5.74) is 3.96. The van der Waals surface area contributed by atoms with Crippen molar-refractivity contribution in [3.63, 3.8) is 0 Å². The van der Waals surface area contributed by atoms with E-state index in [9.17, 15) is 4.79 Å². The molecule has 2 N–H and O–H groups in total. The van der Waals surface area contributed by atoms with E-state index in [1.54, 1.807) is 6.08 Å². The van der Waals surface area contributed by atoms with E-state index in [1.807, 2.05) is 36.4 Å². The average molecular weight is 309 g/mol. The van der Waals surface area contributed by atoms with E-state index in [0.29, 0.717) is 6.42 Å². The lowest BCUT2D eigenvalue weighted by Crippen LogP contribution is -2.07. The topological polar surface area (TPSA) is 58.6 Å². The number of nitrogens with one attached hydrogen (secondary N) is 1. The highest BCUT2D eigenvalue weighted by Crippen LogP contribution is 2.26. The maximum atomic E-state index is 12.0. The summed E-state index contributed by atoms with van der Waals surface area (Å²) >= 11 is 0. The van der Waals surface area contributed by atoms with Crippen molar-refractivity contribution in [2.75, 3.05) is 18.5 Å². The highest BCUT2D eigenvalue weighted by atomic mass is 16.5. The summed E-state index contributed by atoms with van der Waals surface area (Å²) in [6.07, 6.45) is 4.87. The highest BCUT2D eigenvalue weighted by molar-refractivity contribution is 6.01. The highest BCUT2D eigenvalue weighted by Gasteiger charge is 2.11. The van der Waals surface area contributed by atoms with Crippen LogP contribution in [-0.4, -0.2) is 24.2 Å². The SMILES string of the molecule is O=C(C=Cc1ccc2c(c1)CCO2)Nc1ccc(CCO)cc1. The van der Waals surface area contributed by atoms with Gasteiger partial charge in [0.1, 0.15) is 5.75 Å². The monoisotopic (exact) mass is 309 g/mol. The molecular weight excluding hydrogens is 290 g/mol. The maximum Gasteiger partial charge on any atom is 0.248 e. The number of aliphatic hydroxyl groups is 1. The fraction of sp³-hybridized carbons (Fsp3) is 0.211. The van der Waals surface area contributed by atoms with Crippen LogP contribution in [0.1, 0.15) is 16.7 Å². The minimum absolute atomic E-state index is 0.125. The molecule has 0 bridgehead atoms. The zero-order valence-corrected chi connectivity index (χ0v) is 12.8. The zero-order chi connectivity index (χ0) is 16.1. The number of anilines is 1. The molecule has 4 nitrogen and oxygen atoms in total. The van der Waals surface area contributed by atoms with E-state index in [2.05, 4.69) is 11.4 Å². The Labute approximate surface area is 135 Å². The maximum absolute atomic E-state index is 12.0. The summed E-state index contributed by atoms with van der Waals surface area (Å²) in [6, 6.07) is 13.4. The van der Waals surface area contributed by atoms with Gasteiger partial charge in [-0.25, -0.2) is 0 Å². The molecule has 3 rings (SSSR count). The number of hydrogen-bond donors (Lipinski definition) is 2. The molecule has 1 amide bonds. The molecule has 0 fully saturated rings. The molecule has 2 aromatic carbocycles. The van der Waals surface area contributed by atoms with Crippen molar-refractivity contribution >= 4 is 17.7 Å². The second-order valence-electron chi connectivity index (χ2n) is 5.46. The van der Waals surface area contributed by atoms with E-state index in [1.165, 1.54) is 11.6 Å². The third-order valence-corrected chi connectivity index (χ3v) is 3.76. The first-order chi connectivity index (χ1) is 11.2. The van der Waals surface area contributed by atoms with Crippen molar-refractivity contribution in [1.29, 1.82) is 0 Å². The molecule has 2 aromatic rings. The quantitative estimate of drug-likeness (QED) is 0.835. The Morgan fingerprint density at radius 3 is 2.83 bits per heavy atom. The van der Waals surface area contributed by atoms with Gasteiger partial charge in [-0.05, 0) is 53.5 Å². The van der Waals surface area contributed by atoms with E-state index in [0.717, 1.165) is 35.6 Å². The van der Waals surface area contributed by atoms with E-state index in [4.69, 9.17) is 9.84 Å². The fourth-order valence-electron chi connectivity index (χ4n) is 2.55. The summed E-state index contributed by atoms with van der Waals surface area (Å²) < 4.78 is 5.47. The number of carbonyl (C=O) groups is 1. The number of hydrogen-bond acceptors (Lipinski definition) is 3. The van der Waals surface area contributed by atoms with Gasteiger partial charge in [-0.2, -0.15) is 0 Å². The van der Waals surface area contributed by atoms with Crippen LogP contribution < -0.4 is 10.1 Å². The normalized spacial score (nSPS) is 12.9. The van der Waals surface area contributed by atoms with Crippen LogP contribution >= 0.6 is 0 Å². The summed E-state index contributed by atoms with van der Waals surface area (Å²) in [4.78, 5) is 12.0. The Morgan fingerprint density at radius 1 is 1.22 bits per heavy atom. The number of ether oxygens (including phenoxy) is 1. The third-order valence-electron chi connectivity index (χ3n) is 3.76. The van der Waals surface area contributed by atoms with Crippen molar-refractivity contribution in [1.82, 2.24) is 0 Å². The Bertz CT molecular complexity index is 720. The Hall–Kier alpha value is -2.59. The summed E-state index contributed by atoms with van der Waals surface area (Å²) in [7, 11) is 0. The van der Waals surface area contributed by atoms with Crippen LogP contribution in [0, 0.1) is 0 Å². The van der Waals surface area contributed by atoms with Crippen LogP contribution in [0.15, 0.2) is 48.5 Å². The van der Waals surface area contributed by atoms with Gasteiger partial charge in [-0.3, -0.25) is 4.79 Å². The first kappa shape index (κ1) is 15.3. The van der Waals surface area contributed by atoms with Gasteiger partial charge in [0.05, 0.1) is 6.61 Å². The van der Waals surface area contributed by atoms with Crippen LogP contribution in [0.25, 0.3) is 6.08 Å². The predicted molar refractivity (Wildman–Crippen MR) is 90.5 cm³/mol. The van der Waals surface area contributed by atoms with Crippen molar-refractivity contribution < 1.29 is 14.6 Å². The number of fused-ring (bicyclic) bond motifs is 1. The molecule has 118 valence electrons. The number of amides is 1. The summed E-state index contributed by atoms with van der Waals surface area (Å²) in [5, 5.41) is 11.7. The molecule has 23 heavy (non-hydrogen) atoms. The number of carbonyl (C=O) groups excluding carboxylic acids is 1. The predicted octanol–water partition coefficient (Wildman–Crippen LogP) is 2.81. The van der Waals surface area contributed by atoms with Gasteiger partial charge in [0.15, 0.2) is 0 Å². The lowest BCUT2D eigenvalue weighted by Gasteiger charge is -2.04. The summed E-state index contributed by atoms with van der Waals surface area (Å²) in [5.74, 6) is 0.770. The van der Waals surface area contributed by atoms with Gasteiger partial charge >= 0.3 is 0 Å². The number of benzene rings is 2. The lowest BCUT2D eigenvalue weighted by atomic mass is 10.1. The molecule has 0 saturated heterocycles. The molecule has 1 heterocycles. The molecule has 0 aromatic heterocycles. The molecular formula is C19H19NO3. The summed E-state index contributed by atoms with van der Waals surface area (Å²) in [6.45, 7) is 0.857. The fourth-order valence-corrected chi connectivity index (χ4v) is 2.55. The van der Waals surface area contributed by atoms with Crippen molar-refractivity contribution in [3.8, 4) is 5.75 Å². The van der Waals surface area contributed by atoms with Crippen molar-refractivity contribution in [2.45, 2.75) is 12.8 Å². The van der Waals surface area contributed by atoms with Crippen LogP contribution in [-0.2, 0) is 17.6 Å². The standard InChI is InChI=1S/C19H19NO3/c21-11-9-14-1-5-17(6-2-14)20-19(22)8-4-15-3-7-18-16(13-15)10-12-23-18/h1-8,13,21H,9-12H2,(H,20,22). The van der Waals surface area contributed by atoms with Crippen LogP contribution in [0.3, 0.4) is 0 Å². The third kappa shape index (κ3) is 3.99. The van der Waals surface area contributed by atoms with Gasteiger partial charge in [-0.1, -0.05) is 18.2 Å². The molecule has 0 spiro atoms. The molecule has 4 heteroatoms. The molecule has 0 saturated carbocycles. The van der Waals surface area contributed by atoms with Gasteiger partial charge < -0.3 is 15.2 Å². The number of aliphatic hydroxyl groups excluding tert-OH is 1.